The number of benzene rings is 7. The highest BCUT2D eigenvalue weighted by Crippen LogP contribution is 2.31. The molecule has 0 saturated heterocycles. The molecular formula is C52H49NO7. The molecule has 8 aromatic rings. The first-order chi connectivity index (χ1) is 29.5. The normalized spacial score (nSPS) is 11.6. The number of ether oxygens (including phenoxy) is 3. The van der Waals surface area contributed by atoms with Gasteiger partial charge in [-0.05, 0) is 106 Å². The van der Waals surface area contributed by atoms with Crippen molar-refractivity contribution in [2.45, 2.75) is 44.9 Å². The lowest BCUT2D eigenvalue weighted by Gasteiger charge is -2.22. The van der Waals surface area contributed by atoms with Crippen molar-refractivity contribution in [2.24, 2.45) is 0 Å². The number of rotatable bonds is 19. The minimum Gasteiger partial charge on any atom is -0.493 e. The Bertz CT molecular complexity index is 2720. The van der Waals surface area contributed by atoms with Crippen LogP contribution < -0.4 is 10.4 Å². The zero-order valence-electron chi connectivity index (χ0n) is 33.8. The van der Waals surface area contributed by atoms with Gasteiger partial charge in [0.25, 0.3) is 0 Å². The number of esters is 2. The van der Waals surface area contributed by atoms with Crippen molar-refractivity contribution in [3.8, 4) is 5.75 Å². The van der Waals surface area contributed by atoms with Crippen molar-refractivity contribution in [3.63, 3.8) is 0 Å². The van der Waals surface area contributed by atoms with Gasteiger partial charge in [-0.1, -0.05) is 116 Å². The van der Waals surface area contributed by atoms with E-state index >= 15 is 0 Å². The van der Waals surface area contributed by atoms with Crippen molar-refractivity contribution in [2.75, 3.05) is 39.5 Å². The zero-order valence-corrected chi connectivity index (χ0v) is 33.8. The Balaban J connectivity index is 0.818. The molecule has 0 amide bonds. The van der Waals surface area contributed by atoms with Crippen LogP contribution in [0.25, 0.3) is 54.1 Å². The predicted molar refractivity (Wildman–Crippen MR) is 240 cm³/mol. The van der Waals surface area contributed by atoms with Crippen LogP contribution in [0.2, 0.25) is 0 Å². The highest BCUT2D eigenvalue weighted by atomic mass is 16.5. The molecule has 304 valence electrons. The third-order valence-electron chi connectivity index (χ3n) is 11.1. The summed E-state index contributed by atoms with van der Waals surface area (Å²) in [6.07, 6.45) is 6.41. The molecule has 1 heterocycles. The first-order valence-electron chi connectivity index (χ1n) is 21.1. The topological polar surface area (TPSA) is 95.3 Å². The summed E-state index contributed by atoms with van der Waals surface area (Å²) >= 11 is 0. The van der Waals surface area contributed by atoms with Crippen LogP contribution in [-0.4, -0.2) is 56.3 Å². The monoisotopic (exact) mass is 799 g/mol. The van der Waals surface area contributed by atoms with Crippen LogP contribution in [0.1, 0.15) is 65.7 Å². The second-order valence-electron chi connectivity index (χ2n) is 15.3. The van der Waals surface area contributed by atoms with E-state index in [1.54, 1.807) is 12.1 Å². The van der Waals surface area contributed by atoms with Crippen LogP contribution in [0, 0.1) is 0 Å². The van der Waals surface area contributed by atoms with Gasteiger partial charge in [0.15, 0.2) is 0 Å². The Morgan fingerprint density at radius 2 is 0.900 bits per heavy atom. The van der Waals surface area contributed by atoms with Gasteiger partial charge in [0, 0.05) is 30.6 Å². The van der Waals surface area contributed by atoms with E-state index in [9.17, 15) is 14.4 Å². The molecule has 0 bridgehead atoms. The summed E-state index contributed by atoms with van der Waals surface area (Å²) < 4.78 is 23.1. The third-order valence-corrected chi connectivity index (χ3v) is 11.1. The molecule has 60 heavy (non-hydrogen) atoms. The van der Waals surface area contributed by atoms with Crippen molar-refractivity contribution in [1.29, 1.82) is 0 Å². The Hall–Kier alpha value is -6.51. The smallest absolute Gasteiger partial charge is 0.339 e. The van der Waals surface area contributed by atoms with Crippen LogP contribution in [0.4, 0.5) is 0 Å². The Morgan fingerprint density at radius 3 is 1.47 bits per heavy atom. The summed E-state index contributed by atoms with van der Waals surface area (Å²) in [7, 11) is 0. The Kier molecular flexibility index (Phi) is 13.1. The molecule has 8 rings (SSSR count). The second kappa shape index (κ2) is 19.5. The average Bonchev–Trinajstić information content (AvgIpc) is 3.27. The van der Waals surface area contributed by atoms with Gasteiger partial charge in [-0.3, -0.25) is 0 Å². The number of carbonyl (C=O) groups is 2. The van der Waals surface area contributed by atoms with Gasteiger partial charge in [-0.2, -0.15) is 0 Å². The van der Waals surface area contributed by atoms with Gasteiger partial charge >= 0.3 is 17.6 Å². The van der Waals surface area contributed by atoms with E-state index in [1.165, 1.54) is 6.07 Å². The van der Waals surface area contributed by atoms with Crippen LogP contribution in [0.15, 0.2) is 149 Å². The van der Waals surface area contributed by atoms with Gasteiger partial charge in [-0.25, -0.2) is 14.4 Å². The van der Waals surface area contributed by atoms with Gasteiger partial charge in [0.1, 0.15) is 11.3 Å². The van der Waals surface area contributed by atoms with E-state index < -0.39 is 0 Å². The lowest BCUT2D eigenvalue weighted by atomic mass is 9.97. The summed E-state index contributed by atoms with van der Waals surface area (Å²) in [6.45, 7) is 3.73. The van der Waals surface area contributed by atoms with Gasteiger partial charge in [-0.15, -0.1) is 0 Å². The second-order valence-corrected chi connectivity index (χ2v) is 15.3. The minimum absolute atomic E-state index is 0.272. The molecular weight excluding hydrogens is 751 g/mol. The third kappa shape index (κ3) is 9.67. The molecule has 0 aliphatic rings. The Labute approximate surface area is 349 Å². The molecule has 0 aliphatic heterocycles. The first-order valence-corrected chi connectivity index (χ1v) is 21.1. The predicted octanol–water partition coefficient (Wildman–Crippen LogP) is 11.5. The van der Waals surface area contributed by atoms with E-state index in [0.717, 1.165) is 107 Å². The SMILES string of the molecule is O=C(OCCCCCCCN(CCCOC(=O)c1c2ccccc2cc2ccccc12)CCCOc1ccc2ccc(=O)oc2c1)c1c2ccccc2cc2ccccc12. The molecule has 0 fully saturated rings. The fourth-order valence-electron chi connectivity index (χ4n) is 8.14. The number of fused-ring (bicyclic) bond motifs is 5. The largest absolute Gasteiger partial charge is 0.493 e. The average molecular weight is 800 g/mol. The number of carbonyl (C=O) groups excluding carboxylic acids is 2. The van der Waals surface area contributed by atoms with Gasteiger partial charge in [0.05, 0.1) is 30.9 Å². The summed E-state index contributed by atoms with van der Waals surface area (Å²) in [5.41, 5.74) is 1.36. The Morgan fingerprint density at radius 1 is 0.450 bits per heavy atom. The molecule has 0 radical (unpaired) electrons. The van der Waals surface area contributed by atoms with Crippen LogP contribution >= 0.6 is 0 Å². The van der Waals surface area contributed by atoms with Crippen molar-refractivity contribution < 1.29 is 28.2 Å². The maximum Gasteiger partial charge on any atom is 0.339 e. The molecule has 0 atom stereocenters. The molecule has 0 spiro atoms. The zero-order chi connectivity index (χ0) is 41.1. The van der Waals surface area contributed by atoms with Crippen molar-refractivity contribution >= 4 is 66.0 Å². The van der Waals surface area contributed by atoms with Crippen molar-refractivity contribution in [1.82, 2.24) is 4.90 Å². The first kappa shape index (κ1) is 40.3. The number of hydrogen-bond acceptors (Lipinski definition) is 8. The number of unbranched alkanes of at least 4 members (excludes halogenated alkanes) is 4. The minimum atomic E-state index is -0.388. The van der Waals surface area contributed by atoms with Crippen LogP contribution in [0.3, 0.4) is 0 Å². The quantitative estimate of drug-likeness (QED) is 0.0345. The van der Waals surface area contributed by atoms with E-state index in [-0.39, 0.29) is 17.6 Å². The standard InChI is InChI=1S/C52H49NO7/c54-48-27-25-37-24-26-42(36-47(37)60-48)57-32-14-29-53(30-15-33-59-52(56)50-45-22-10-6-18-40(45)35-41-19-7-11-23-46(41)50)28-12-2-1-3-13-31-58-51(55)49-43-20-8-4-16-38(43)34-39-17-5-9-21-44(39)49/h4-11,16-27,34-36H,1-3,12-15,28-33H2. The maximum atomic E-state index is 13.6. The van der Waals surface area contributed by atoms with E-state index in [4.69, 9.17) is 18.6 Å². The van der Waals surface area contributed by atoms with Gasteiger partial charge in [0.2, 0.25) is 0 Å². The lowest BCUT2D eigenvalue weighted by molar-refractivity contribution is 0.0487. The van der Waals surface area contributed by atoms with E-state index in [0.29, 0.717) is 48.7 Å². The molecule has 0 saturated carbocycles. The number of nitrogens with zero attached hydrogens (tertiary/aromatic N) is 1. The molecule has 0 unspecified atom stereocenters. The molecule has 0 aliphatic carbocycles. The molecule has 0 N–H and O–H groups in total. The summed E-state index contributed by atoms with van der Waals surface area (Å²) in [6, 6.07) is 44.8. The molecule has 7 aromatic carbocycles. The van der Waals surface area contributed by atoms with E-state index in [2.05, 4.69) is 17.0 Å². The molecule has 8 nitrogen and oxygen atoms in total. The molecule has 1 aromatic heterocycles. The highest BCUT2D eigenvalue weighted by molar-refractivity contribution is 6.17. The maximum absolute atomic E-state index is 13.6. The van der Waals surface area contributed by atoms with Crippen LogP contribution in [-0.2, 0) is 9.47 Å². The van der Waals surface area contributed by atoms with Crippen molar-refractivity contribution in [3.05, 3.63) is 161 Å². The highest BCUT2D eigenvalue weighted by Gasteiger charge is 2.18. The molecule has 8 heteroatoms. The fourth-order valence-corrected chi connectivity index (χ4v) is 8.14. The van der Waals surface area contributed by atoms with Crippen LogP contribution in [0.5, 0.6) is 5.75 Å². The summed E-state index contributed by atoms with van der Waals surface area (Å²) in [5.74, 6) is 0.0868. The summed E-state index contributed by atoms with van der Waals surface area (Å²) in [4.78, 5) is 41.1. The van der Waals surface area contributed by atoms with Gasteiger partial charge < -0.3 is 23.5 Å². The fraction of sp³-hybridized carbons (Fsp3) is 0.250. The number of hydrogen-bond donors (Lipinski definition) is 0. The van der Waals surface area contributed by atoms with E-state index in [1.807, 2.05) is 109 Å². The lowest BCUT2D eigenvalue weighted by Crippen LogP contribution is -2.29. The summed E-state index contributed by atoms with van der Waals surface area (Å²) in [5, 5.41) is 8.55.